The molecule has 1 N–H and O–H groups in total. The molecule has 2 aliphatic rings. The molecule has 20 heavy (non-hydrogen) atoms. The van der Waals surface area contributed by atoms with Crippen LogP contribution in [0.5, 0.6) is 0 Å². The summed E-state index contributed by atoms with van der Waals surface area (Å²) in [5.41, 5.74) is 2.63. The maximum atomic E-state index is 12.1. The third-order valence-electron chi connectivity index (χ3n) is 5.16. The van der Waals surface area contributed by atoms with Crippen molar-refractivity contribution in [2.75, 3.05) is 0 Å². The van der Waals surface area contributed by atoms with Gasteiger partial charge in [0.25, 0.3) is 0 Å². The van der Waals surface area contributed by atoms with Crippen LogP contribution in [0.2, 0.25) is 0 Å². The Labute approximate surface area is 122 Å². The summed E-state index contributed by atoms with van der Waals surface area (Å²) in [6.07, 6.45) is 7.85. The molecular formula is C18H25NO. The fourth-order valence-corrected chi connectivity index (χ4v) is 3.90. The van der Waals surface area contributed by atoms with E-state index in [2.05, 4.69) is 36.5 Å². The molecule has 2 bridgehead atoms. The molecule has 2 nitrogen and oxygen atoms in total. The normalized spacial score (nSPS) is 27.8. The Morgan fingerprint density at radius 1 is 1.15 bits per heavy atom. The molecule has 1 aromatic rings. The third-order valence-corrected chi connectivity index (χ3v) is 5.16. The highest BCUT2D eigenvalue weighted by molar-refractivity contribution is 5.76. The number of hydrogen-bond acceptors (Lipinski definition) is 1. The van der Waals surface area contributed by atoms with Crippen molar-refractivity contribution in [1.82, 2.24) is 5.32 Å². The fraction of sp³-hybridized carbons (Fsp3) is 0.611. The van der Waals surface area contributed by atoms with Gasteiger partial charge in [0.05, 0.1) is 0 Å². The minimum atomic E-state index is 0.238. The predicted molar refractivity (Wildman–Crippen MR) is 81.5 cm³/mol. The summed E-state index contributed by atoms with van der Waals surface area (Å²) in [7, 11) is 0. The van der Waals surface area contributed by atoms with E-state index in [1.165, 1.54) is 36.8 Å². The lowest BCUT2D eigenvalue weighted by molar-refractivity contribution is -0.122. The largest absolute Gasteiger partial charge is 0.353 e. The van der Waals surface area contributed by atoms with Crippen LogP contribution >= 0.6 is 0 Å². The smallest absolute Gasteiger partial charge is 0.220 e. The van der Waals surface area contributed by atoms with Gasteiger partial charge in [0.2, 0.25) is 5.91 Å². The van der Waals surface area contributed by atoms with E-state index in [0.717, 1.165) is 24.7 Å². The van der Waals surface area contributed by atoms with E-state index in [0.29, 0.717) is 12.5 Å². The Balaban J connectivity index is 1.44. The molecule has 2 fully saturated rings. The monoisotopic (exact) mass is 271 g/mol. The molecule has 0 aliphatic heterocycles. The van der Waals surface area contributed by atoms with Gasteiger partial charge in [-0.2, -0.15) is 0 Å². The number of amides is 1. The van der Waals surface area contributed by atoms with Gasteiger partial charge in [-0.05, 0) is 55.1 Å². The molecule has 0 spiro atoms. The zero-order valence-electron chi connectivity index (χ0n) is 12.4. The van der Waals surface area contributed by atoms with Gasteiger partial charge in [0.15, 0.2) is 0 Å². The van der Waals surface area contributed by atoms with E-state index in [4.69, 9.17) is 0 Å². The van der Waals surface area contributed by atoms with E-state index < -0.39 is 0 Å². The van der Waals surface area contributed by atoms with E-state index in [1.54, 1.807) is 0 Å². The molecule has 1 amide bonds. The van der Waals surface area contributed by atoms with Crippen LogP contribution < -0.4 is 5.32 Å². The molecule has 108 valence electrons. The highest BCUT2D eigenvalue weighted by Gasteiger charge is 2.39. The number of aryl methyl sites for hydroxylation is 2. The van der Waals surface area contributed by atoms with Crippen molar-refractivity contribution in [2.24, 2.45) is 11.8 Å². The molecule has 1 aromatic carbocycles. The Bertz CT molecular complexity index is 465. The first-order valence-electron chi connectivity index (χ1n) is 8.11. The molecule has 0 unspecified atom stereocenters. The SMILES string of the molecule is CCc1ccc(CCC(=O)N[C@H]2C[C@H]3CC[C@H]2C3)cc1. The zero-order chi connectivity index (χ0) is 13.9. The fourth-order valence-electron chi connectivity index (χ4n) is 3.90. The Morgan fingerprint density at radius 2 is 1.90 bits per heavy atom. The average molecular weight is 271 g/mol. The lowest BCUT2D eigenvalue weighted by atomic mass is 9.95. The van der Waals surface area contributed by atoms with Crippen LogP contribution in [0.25, 0.3) is 0 Å². The van der Waals surface area contributed by atoms with Crippen molar-refractivity contribution in [2.45, 2.75) is 57.9 Å². The molecule has 0 radical (unpaired) electrons. The number of carbonyl (C=O) groups excluding carboxylic acids is 1. The molecular weight excluding hydrogens is 246 g/mol. The summed E-state index contributed by atoms with van der Waals surface area (Å²) < 4.78 is 0. The zero-order valence-corrected chi connectivity index (χ0v) is 12.4. The van der Waals surface area contributed by atoms with Gasteiger partial charge in [-0.1, -0.05) is 37.6 Å². The van der Waals surface area contributed by atoms with E-state index >= 15 is 0 Å². The minimum Gasteiger partial charge on any atom is -0.353 e. The van der Waals surface area contributed by atoms with Crippen molar-refractivity contribution >= 4 is 5.91 Å². The van der Waals surface area contributed by atoms with E-state index in [9.17, 15) is 4.79 Å². The van der Waals surface area contributed by atoms with Crippen molar-refractivity contribution in [3.63, 3.8) is 0 Å². The van der Waals surface area contributed by atoms with Crippen molar-refractivity contribution < 1.29 is 4.79 Å². The quantitative estimate of drug-likeness (QED) is 0.872. The lowest BCUT2D eigenvalue weighted by Gasteiger charge is -2.22. The van der Waals surface area contributed by atoms with Gasteiger partial charge in [0, 0.05) is 12.5 Å². The Kier molecular flexibility index (Phi) is 4.09. The summed E-state index contributed by atoms with van der Waals surface area (Å²) in [4.78, 5) is 12.1. The molecule has 2 aliphatic carbocycles. The summed E-state index contributed by atoms with van der Waals surface area (Å²) in [6, 6.07) is 9.13. The summed E-state index contributed by atoms with van der Waals surface area (Å²) in [6.45, 7) is 2.16. The van der Waals surface area contributed by atoms with Gasteiger partial charge in [-0.25, -0.2) is 0 Å². The number of fused-ring (bicyclic) bond motifs is 2. The van der Waals surface area contributed by atoms with Crippen LogP contribution in [0.15, 0.2) is 24.3 Å². The number of rotatable bonds is 5. The molecule has 2 saturated carbocycles. The predicted octanol–water partition coefficient (Wildman–Crippen LogP) is 3.49. The topological polar surface area (TPSA) is 29.1 Å². The number of hydrogen-bond donors (Lipinski definition) is 1. The Hall–Kier alpha value is -1.31. The van der Waals surface area contributed by atoms with Gasteiger partial charge >= 0.3 is 0 Å². The van der Waals surface area contributed by atoms with E-state index in [-0.39, 0.29) is 5.91 Å². The maximum Gasteiger partial charge on any atom is 0.220 e. The second-order valence-electron chi connectivity index (χ2n) is 6.52. The molecule has 0 heterocycles. The molecule has 2 heteroatoms. The molecule has 0 aromatic heterocycles. The summed E-state index contributed by atoms with van der Waals surface area (Å²) >= 11 is 0. The van der Waals surface area contributed by atoms with Crippen LogP contribution in [0, 0.1) is 11.8 Å². The van der Waals surface area contributed by atoms with Crippen LogP contribution in [0.4, 0.5) is 0 Å². The summed E-state index contributed by atoms with van der Waals surface area (Å²) in [5, 5.41) is 3.26. The minimum absolute atomic E-state index is 0.238. The van der Waals surface area contributed by atoms with Crippen LogP contribution in [-0.4, -0.2) is 11.9 Å². The van der Waals surface area contributed by atoms with Crippen molar-refractivity contribution in [3.8, 4) is 0 Å². The highest BCUT2D eigenvalue weighted by Crippen LogP contribution is 2.44. The average Bonchev–Trinajstić information content (AvgIpc) is 3.08. The first-order valence-corrected chi connectivity index (χ1v) is 8.11. The third kappa shape index (κ3) is 3.05. The van der Waals surface area contributed by atoms with Crippen LogP contribution in [-0.2, 0) is 17.6 Å². The number of carbonyl (C=O) groups is 1. The molecule has 3 atom stereocenters. The highest BCUT2D eigenvalue weighted by atomic mass is 16.1. The van der Waals surface area contributed by atoms with Crippen molar-refractivity contribution in [3.05, 3.63) is 35.4 Å². The second kappa shape index (κ2) is 5.99. The first kappa shape index (κ1) is 13.7. The van der Waals surface area contributed by atoms with Gasteiger partial charge in [-0.15, -0.1) is 0 Å². The number of nitrogens with one attached hydrogen (secondary N) is 1. The van der Waals surface area contributed by atoms with Gasteiger partial charge < -0.3 is 5.32 Å². The van der Waals surface area contributed by atoms with Crippen LogP contribution in [0.1, 0.15) is 50.2 Å². The first-order chi connectivity index (χ1) is 9.74. The Morgan fingerprint density at radius 3 is 2.50 bits per heavy atom. The number of benzene rings is 1. The van der Waals surface area contributed by atoms with Gasteiger partial charge in [-0.3, -0.25) is 4.79 Å². The standard InChI is InChI=1S/C18H25NO/c1-2-13-3-5-14(6-4-13)8-10-18(20)19-17-12-15-7-9-16(17)11-15/h3-6,15-17H,2,7-12H2,1H3,(H,19,20)/t15-,16-,17-/m0/s1. The van der Waals surface area contributed by atoms with Crippen LogP contribution in [0.3, 0.4) is 0 Å². The lowest BCUT2D eigenvalue weighted by Crippen LogP contribution is -2.38. The molecule has 3 rings (SSSR count). The maximum absolute atomic E-state index is 12.1. The summed E-state index contributed by atoms with van der Waals surface area (Å²) in [5.74, 6) is 1.90. The van der Waals surface area contributed by atoms with Crippen molar-refractivity contribution in [1.29, 1.82) is 0 Å². The molecule has 0 saturated heterocycles. The van der Waals surface area contributed by atoms with Gasteiger partial charge in [0.1, 0.15) is 0 Å². The second-order valence-corrected chi connectivity index (χ2v) is 6.52. The van der Waals surface area contributed by atoms with E-state index in [1.807, 2.05) is 0 Å².